The van der Waals surface area contributed by atoms with Gasteiger partial charge in [0.2, 0.25) is 0 Å². The fourth-order valence-corrected chi connectivity index (χ4v) is 3.79. The molecular formula is C15H32N2. The maximum absolute atomic E-state index is 3.79. The highest BCUT2D eigenvalue weighted by Crippen LogP contribution is 2.39. The van der Waals surface area contributed by atoms with Crippen LogP contribution in [0.5, 0.6) is 0 Å². The average molecular weight is 240 g/mol. The van der Waals surface area contributed by atoms with Crippen LogP contribution < -0.4 is 5.32 Å². The minimum absolute atomic E-state index is 0.407. The summed E-state index contributed by atoms with van der Waals surface area (Å²) in [5, 5.41) is 3.79. The van der Waals surface area contributed by atoms with Gasteiger partial charge in [-0.05, 0) is 45.8 Å². The van der Waals surface area contributed by atoms with E-state index < -0.39 is 0 Å². The van der Waals surface area contributed by atoms with Crippen LogP contribution in [0.2, 0.25) is 0 Å². The van der Waals surface area contributed by atoms with Crippen LogP contribution in [-0.2, 0) is 0 Å². The van der Waals surface area contributed by atoms with Crippen molar-refractivity contribution in [3.8, 4) is 0 Å². The minimum atomic E-state index is 0.407. The maximum Gasteiger partial charge on any atom is 0.0359 e. The molecule has 0 heterocycles. The van der Waals surface area contributed by atoms with Crippen LogP contribution in [0.15, 0.2) is 0 Å². The summed E-state index contributed by atoms with van der Waals surface area (Å²) in [5.74, 6) is 0.778. The molecule has 2 unspecified atom stereocenters. The zero-order valence-corrected chi connectivity index (χ0v) is 12.6. The Labute approximate surface area is 108 Å². The van der Waals surface area contributed by atoms with Gasteiger partial charge in [-0.15, -0.1) is 0 Å². The highest BCUT2D eigenvalue weighted by Gasteiger charge is 2.44. The molecule has 0 spiro atoms. The lowest BCUT2D eigenvalue weighted by atomic mass is 9.78. The van der Waals surface area contributed by atoms with E-state index in [1.165, 1.54) is 38.5 Å². The lowest BCUT2D eigenvalue weighted by molar-refractivity contribution is 0.0757. The molecule has 0 aliphatic heterocycles. The molecule has 1 N–H and O–H groups in total. The summed E-state index contributed by atoms with van der Waals surface area (Å²) in [4.78, 5) is 2.50. The summed E-state index contributed by atoms with van der Waals surface area (Å²) in [7, 11) is 4.54. The van der Waals surface area contributed by atoms with E-state index in [-0.39, 0.29) is 0 Å². The van der Waals surface area contributed by atoms with Crippen molar-refractivity contribution in [3.05, 3.63) is 0 Å². The Morgan fingerprint density at radius 3 is 2.18 bits per heavy atom. The molecule has 1 saturated carbocycles. The Kier molecular flexibility index (Phi) is 5.94. The highest BCUT2D eigenvalue weighted by molar-refractivity contribution is 5.03. The first-order valence-electron chi connectivity index (χ1n) is 7.49. The second-order valence-electron chi connectivity index (χ2n) is 6.01. The van der Waals surface area contributed by atoms with Gasteiger partial charge in [0.15, 0.2) is 0 Å². The van der Waals surface area contributed by atoms with Crippen LogP contribution >= 0.6 is 0 Å². The summed E-state index contributed by atoms with van der Waals surface area (Å²) in [5.41, 5.74) is 0.407. The van der Waals surface area contributed by atoms with E-state index in [0.29, 0.717) is 11.6 Å². The van der Waals surface area contributed by atoms with E-state index in [4.69, 9.17) is 0 Å². The standard InChI is InChI=1S/C15H32N2/c1-6-10-13(3)14(16-7-2)15(17(4)5)11-8-9-12-15/h13-14,16H,6-12H2,1-5H3. The molecule has 2 atom stereocenters. The van der Waals surface area contributed by atoms with Gasteiger partial charge >= 0.3 is 0 Å². The van der Waals surface area contributed by atoms with E-state index in [2.05, 4.69) is 45.1 Å². The molecule has 0 saturated heterocycles. The van der Waals surface area contributed by atoms with Crippen molar-refractivity contribution < 1.29 is 0 Å². The fraction of sp³-hybridized carbons (Fsp3) is 1.00. The second kappa shape index (κ2) is 6.75. The van der Waals surface area contributed by atoms with E-state index in [9.17, 15) is 0 Å². The van der Waals surface area contributed by atoms with Crippen LogP contribution in [0.1, 0.15) is 59.3 Å². The molecule has 102 valence electrons. The van der Waals surface area contributed by atoms with Crippen molar-refractivity contribution in [1.29, 1.82) is 0 Å². The van der Waals surface area contributed by atoms with E-state index in [1.807, 2.05) is 0 Å². The minimum Gasteiger partial charge on any atom is -0.312 e. The van der Waals surface area contributed by atoms with Crippen molar-refractivity contribution in [2.24, 2.45) is 5.92 Å². The van der Waals surface area contributed by atoms with Gasteiger partial charge in [0, 0.05) is 11.6 Å². The van der Waals surface area contributed by atoms with Crippen molar-refractivity contribution >= 4 is 0 Å². The second-order valence-corrected chi connectivity index (χ2v) is 6.01. The zero-order valence-electron chi connectivity index (χ0n) is 12.6. The van der Waals surface area contributed by atoms with Gasteiger partial charge in [0.05, 0.1) is 0 Å². The van der Waals surface area contributed by atoms with Gasteiger partial charge in [-0.1, -0.05) is 40.0 Å². The molecule has 0 aromatic heterocycles. The van der Waals surface area contributed by atoms with E-state index in [1.54, 1.807) is 0 Å². The number of hydrogen-bond donors (Lipinski definition) is 1. The summed E-state index contributed by atoms with van der Waals surface area (Å²) in [6.45, 7) is 8.06. The summed E-state index contributed by atoms with van der Waals surface area (Å²) < 4.78 is 0. The Morgan fingerprint density at radius 2 is 1.76 bits per heavy atom. The number of rotatable bonds is 7. The molecule has 2 heteroatoms. The molecule has 0 amide bonds. The first-order valence-corrected chi connectivity index (χ1v) is 7.49. The van der Waals surface area contributed by atoms with Crippen molar-refractivity contribution in [1.82, 2.24) is 10.2 Å². The van der Waals surface area contributed by atoms with Crippen LogP contribution in [0, 0.1) is 5.92 Å². The average Bonchev–Trinajstić information content (AvgIpc) is 2.76. The van der Waals surface area contributed by atoms with Crippen LogP contribution in [0.4, 0.5) is 0 Å². The monoisotopic (exact) mass is 240 g/mol. The topological polar surface area (TPSA) is 15.3 Å². The number of hydrogen-bond acceptors (Lipinski definition) is 2. The van der Waals surface area contributed by atoms with Crippen molar-refractivity contribution in [3.63, 3.8) is 0 Å². The third-order valence-electron chi connectivity index (χ3n) is 4.68. The Balaban J connectivity index is 2.85. The summed E-state index contributed by atoms with van der Waals surface area (Å²) in [6.07, 6.45) is 8.18. The van der Waals surface area contributed by atoms with Crippen LogP contribution in [0.3, 0.4) is 0 Å². The number of nitrogens with one attached hydrogen (secondary N) is 1. The van der Waals surface area contributed by atoms with Gasteiger partial charge in [0.1, 0.15) is 0 Å². The maximum atomic E-state index is 3.79. The molecule has 17 heavy (non-hydrogen) atoms. The van der Waals surface area contributed by atoms with Gasteiger partial charge in [-0.3, -0.25) is 0 Å². The van der Waals surface area contributed by atoms with Gasteiger partial charge in [0.25, 0.3) is 0 Å². The third kappa shape index (κ3) is 3.23. The van der Waals surface area contributed by atoms with Crippen molar-refractivity contribution in [2.45, 2.75) is 70.9 Å². The molecule has 0 aromatic rings. The van der Waals surface area contributed by atoms with E-state index >= 15 is 0 Å². The SMILES string of the molecule is CCCC(C)C(NCC)C1(N(C)C)CCCC1. The summed E-state index contributed by atoms with van der Waals surface area (Å²) in [6, 6.07) is 0.657. The Morgan fingerprint density at radius 1 is 1.18 bits per heavy atom. The lowest BCUT2D eigenvalue weighted by Gasteiger charge is -2.46. The molecule has 0 radical (unpaired) electrons. The van der Waals surface area contributed by atoms with Gasteiger partial charge < -0.3 is 10.2 Å². The molecule has 1 aliphatic rings. The van der Waals surface area contributed by atoms with Crippen LogP contribution in [-0.4, -0.2) is 37.1 Å². The lowest BCUT2D eigenvalue weighted by Crippen LogP contribution is -2.60. The predicted octanol–water partition coefficient (Wildman–Crippen LogP) is 3.28. The van der Waals surface area contributed by atoms with E-state index in [0.717, 1.165) is 12.5 Å². The van der Waals surface area contributed by atoms with Crippen LogP contribution in [0.25, 0.3) is 0 Å². The molecule has 2 nitrogen and oxygen atoms in total. The quantitative estimate of drug-likeness (QED) is 0.735. The normalized spacial score (nSPS) is 22.9. The van der Waals surface area contributed by atoms with Gasteiger partial charge in [-0.2, -0.15) is 0 Å². The molecule has 0 bridgehead atoms. The summed E-state index contributed by atoms with van der Waals surface area (Å²) >= 11 is 0. The molecule has 1 rings (SSSR count). The molecule has 0 aromatic carbocycles. The third-order valence-corrected chi connectivity index (χ3v) is 4.68. The Hall–Kier alpha value is -0.0800. The largest absolute Gasteiger partial charge is 0.312 e. The van der Waals surface area contributed by atoms with Gasteiger partial charge in [-0.25, -0.2) is 0 Å². The highest BCUT2D eigenvalue weighted by atomic mass is 15.2. The number of nitrogens with zero attached hydrogens (tertiary/aromatic N) is 1. The molecule has 1 aliphatic carbocycles. The smallest absolute Gasteiger partial charge is 0.0359 e. The Bertz CT molecular complexity index is 207. The first kappa shape index (κ1) is 15.0. The zero-order chi connectivity index (χ0) is 12.9. The predicted molar refractivity (Wildman–Crippen MR) is 76.4 cm³/mol. The van der Waals surface area contributed by atoms with Crippen molar-refractivity contribution in [2.75, 3.05) is 20.6 Å². The molecular weight excluding hydrogens is 208 g/mol. The number of likely N-dealkylation sites (N-methyl/N-ethyl adjacent to an activating group) is 2. The first-order chi connectivity index (χ1) is 8.08. The molecule has 1 fully saturated rings. The fourth-order valence-electron chi connectivity index (χ4n) is 3.79.